The van der Waals surface area contributed by atoms with Crippen LogP contribution in [0.25, 0.3) is 0 Å². The van der Waals surface area contributed by atoms with Gasteiger partial charge in [-0.15, -0.1) is 0 Å². The number of carboxylic acid groups (broad SMARTS) is 1. The molecule has 0 radical (unpaired) electrons. The summed E-state index contributed by atoms with van der Waals surface area (Å²) in [5.74, 6) is -2.81. The Bertz CT molecular complexity index is 865. The van der Waals surface area contributed by atoms with E-state index in [4.69, 9.17) is 14.6 Å². The number of imide groups is 1. The van der Waals surface area contributed by atoms with Crippen LogP contribution >= 0.6 is 12.6 Å². The van der Waals surface area contributed by atoms with E-state index in [1.807, 2.05) is 20.9 Å². The lowest BCUT2D eigenvalue weighted by molar-refractivity contribution is -0.146. The van der Waals surface area contributed by atoms with Gasteiger partial charge in [-0.05, 0) is 66.5 Å². The van der Waals surface area contributed by atoms with Crippen molar-refractivity contribution in [1.82, 2.24) is 20.9 Å². The summed E-state index contributed by atoms with van der Waals surface area (Å²) in [6.07, 6.45) is 2.49. The maximum absolute atomic E-state index is 12.4. The third kappa shape index (κ3) is 17.0. The zero-order valence-electron chi connectivity index (χ0n) is 25.7. The molecule has 41 heavy (non-hydrogen) atoms. The predicted molar refractivity (Wildman–Crippen MR) is 159 cm³/mol. The molecule has 1 saturated heterocycles. The second-order valence-electron chi connectivity index (χ2n) is 11.1. The van der Waals surface area contributed by atoms with Crippen molar-refractivity contribution in [3.63, 3.8) is 0 Å². The van der Waals surface area contributed by atoms with Gasteiger partial charge in [0.25, 0.3) is 0 Å². The van der Waals surface area contributed by atoms with E-state index >= 15 is 0 Å². The van der Waals surface area contributed by atoms with E-state index in [-0.39, 0.29) is 49.5 Å². The fourth-order valence-electron chi connectivity index (χ4n) is 3.73. The Morgan fingerprint density at radius 3 is 2.15 bits per heavy atom. The molecule has 2 atom stereocenters. The molecule has 13 nitrogen and oxygen atoms in total. The first kappa shape index (κ1) is 40.4. The quantitative estimate of drug-likeness (QED) is 0.0890. The van der Waals surface area contributed by atoms with Crippen LogP contribution in [0.1, 0.15) is 80.6 Å². The highest BCUT2D eigenvalue weighted by Crippen LogP contribution is 2.29. The van der Waals surface area contributed by atoms with Crippen LogP contribution in [0.3, 0.4) is 0 Å². The second-order valence-corrected chi connectivity index (χ2v) is 11.7. The molecule has 0 aliphatic carbocycles. The lowest BCUT2D eigenvalue weighted by Gasteiger charge is -2.35. The van der Waals surface area contributed by atoms with Crippen molar-refractivity contribution >= 4 is 48.6 Å². The lowest BCUT2D eigenvalue weighted by atomic mass is 9.97. The van der Waals surface area contributed by atoms with Crippen molar-refractivity contribution in [3.05, 3.63) is 0 Å². The Hall–Kier alpha value is -2.71. The number of rotatable bonds is 15. The van der Waals surface area contributed by atoms with Crippen molar-refractivity contribution in [1.29, 1.82) is 0 Å². The number of nitrogens with one attached hydrogen (secondary N) is 3. The molecule has 2 unspecified atom stereocenters. The van der Waals surface area contributed by atoms with Crippen LogP contribution in [0.2, 0.25) is 0 Å². The number of hydrogen-bond acceptors (Lipinski definition) is 9. The van der Waals surface area contributed by atoms with Gasteiger partial charge in [0.05, 0.1) is 10.9 Å². The van der Waals surface area contributed by atoms with Gasteiger partial charge in [-0.3, -0.25) is 33.7 Å². The molecule has 1 aliphatic heterocycles. The molecule has 0 saturated carbocycles. The Morgan fingerprint density at radius 1 is 1.20 bits per heavy atom. The number of nitrogens with two attached hydrogens (primary N) is 1. The van der Waals surface area contributed by atoms with Gasteiger partial charge in [-0.25, -0.2) is 0 Å². The molecule has 0 bridgehead atoms. The number of hydrogen-bond donors (Lipinski definition) is 6. The zero-order valence-corrected chi connectivity index (χ0v) is 26.6. The Labute approximate surface area is 249 Å². The molecule has 6 N–H and O–H groups in total. The molecular formula is C27H51N5O8S. The van der Waals surface area contributed by atoms with Crippen LogP contribution in [0.5, 0.6) is 0 Å². The second kappa shape index (κ2) is 20.2. The Kier molecular flexibility index (Phi) is 19.9. The van der Waals surface area contributed by atoms with Crippen LogP contribution in [0, 0.1) is 5.92 Å². The Morgan fingerprint density at radius 2 is 1.76 bits per heavy atom. The number of primary amides is 1. The molecule has 1 heterocycles. The molecule has 0 aromatic carbocycles. The highest BCUT2D eigenvalue weighted by atomic mass is 32.1. The summed E-state index contributed by atoms with van der Waals surface area (Å²) in [5, 5.41) is 16.1. The molecule has 0 aromatic rings. The molecule has 14 heteroatoms. The number of likely N-dealkylation sites (tertiary alicyclic amines) is 1. The highest BCUT2D eigenvalue weighted by molar-refractivity contribution is 7.81. The molecular weight excluding hydrogens is 554 g/mol. The van der Waals surface area contributed by atoms with E-state index in [2.05, 4.69) is 41.2 Å². The van der Waals surface area contributed by atoms with E-state index < -0.39 is 40.9 Å². The van der Waals surface area contributed by atoms with Gasteiger partial charge in [0.2, 0.25) is 30.0 Å². The molecule has 0 spiro atoms. The smallest absolute Gasteiger partial charge is 0.322 e. The number of thiol groups is 1. The van der Waals surface area contributed by atoms with Gasteiger partial charge < -0.3 is 31.5 Å². The Balaban J connectivity index is 0. The van der Waals surface area contributed by atoms with Crippen molar-refractivity contribution in [2.75, 3.05) is 26.7 Å². The molecule has 0 aromatic heterocycles. The van der Waals surface area contributed by atoms with Gasteiger partial charge in [-0.1, -0.05) is 20.8 Å². The molecule has 238 valence electrons. The van der Waals surface area contributed by atoms with E-state index in [0.29, 0.717) is 12.8 Å². The summed E-state index contributed by atoms with van der Waals surface area (Å²) in [6, 6.07) is -0.840. The topological polar surface area (TPSA) is 197 Å². The van der Waals surface area contributed by atoms with E-state index in [1.54, 1.807) is 27.7 Å². The summed E-state index contributed by atoms with van der Waals surface area (Å²) in [7, 11) is 1.96. The first-order chi connectivity index (χ1) is 18.9. The van der Waals surface area contributed by atoms with Gasteiger partial charge in [-0.2, -0.15) is 12.6 Å². The minimum Gasteiger partial charge on any atom is -0.480 e. The van der Waals surface area contributed by atoms with E-state index in [9.17, 15) is 24.0 Å². The highest BCUT2D eigenvalue weighted by Gasteiger charge is 2.44. The van der Waals surface area contributed by atoms with Crippen LogP contribution in [-0.2, 0) is 33.5 Å². The van der Waals surface area contributed by atoms with Gasteiger partial charge in [0.15, 0.2) is 0 Å². The SMILES string of the molecule is CC(C)C(NC(=O)CCC(C)(C)OCCC(C)(C)N1C(=O)CC(S)C1=O)C(=O)NCC(=O)O.CCCNC.NC=O. The van der Waals surface area contributed by atoms with Gasteiger partial charge in [0, 0.05) is 25.0 Å². The van der Waals surface area contributed by atoms with Crippen molar-refractivity contribution in [2.45, 2.75) is 103 Å². The summed E-state index contributed by atoms with van der Waals surface area (Å²) < 4.78 is 5.94. The minimum atomic E-state index is -1.16. The molecule has 1 fully saturated rings. The number of ether oxygens (including phenoxy) is 1. The maximum Gasteiger partial charge on any atom is 0.322 e. The van der Waals surface area contributed by atoms with E-state index in [0.717, 1.165) is 6.54 Å². The molecule has 1 aliphatic rings. The first-order valence-corrected chi connectivity index (χ1v) is 14.2. The normalized spacial score (nSPS) is 15.8. The van der Waals surface area contributed by atoms with Crippen molar-refractivity contribution in [2.24, 2.45) is 11.7 Å². The third-order valence-corrected chi connectivity index (χ3v) is 6.47. The predicted octanol–water partition coefficient (Wildman–Crippen LogP) is 0.847. The third-order valence-electron chi connectivity index (χ3n) is 6.07. The van der Waals surface area contributed by atoms with Crippen LogP contribution < -0.4 is 21.7 Å². The number of aliphatic carboxylic acids is 1. The van der Waals surface area contributed by atoms with Crippen LogP contribution in [0.15, 0.2) is 0 Å². The summed E-state index contributed by atoms with van der Waals surface area (Å²) in [6.45, 7) is 13.8. The number of nitrogens with zero attached hydrogens (tertiary/aromatic N) is 1. The van der Waals surface area contributed by atoms with Crippen molar-refractivity contribution < 1.29 is 38.6 Å². The molecule has 1 rings (SSSR count). The number of carbonyl (C=O) groups is 6. The summed E-state index contributed by atoms with van der Waals surface area (Å²) in [5.41, 5.74) is 2.80. The summed E-state index contributed by atoms with van der Waals surface area (Å²) >= 11 is 4.16. The maximum atomic E-state index is 12.4. The molecule has 5 amide bonds. The summed E-state index contributed by atoms with van der Waals surface area (Å²) in [4.78, 5) is 69.5. The number of carboxylic acids is 1. The van der Waals surface area contributed by atoms with Crippen LogP contribution in [-0.4, -0.2) is 95.2 Å². The number of carbonyl (C=O) groups excluding carboxylic acids is 5. The van der Waals surface area contributed by atoms with Crippen LogP contribution in [0.4, 0.5) is 0 Å². The monoisotopic (exact) mass is 605 g/mol. The zero-order chi connectivity index (χ0) is 32.4. The average molecular weight is 606 g/mol. The first-order valence-electron chi connectivity index (χ1n) is 13.7. The number of amides is 5. The largest absolute Gasteiger partial charge is 0.480 e. The van der Waals surface area contributed by atoms with Gasteiger partial charge in [0.1, 0.15) is 12.6 Å². The lowest BCUT2D eigenvalue weighted by Crippen LogP contribution is -2.50. The fraction of sp³-hybridized carbons (Fsp3) is 0.778. The van der Waals surface area contributed by atoms with E-state index in [1.165, 1.54) is 11.3 Å². The van der Waals surface area contributed by atoms with Crippen molar-refractivity contribution in [3.8, 4) is 0 Å². The average Bonchev–Trinajstić information content (AvgIpc) is 3.12. The minimum absolute atomic E-state index is 0.0958. The fourth-order valence-corrected chi connectivity index (χ4v) is 4.00. The van der Waals surface area contributed by atoms with Gasteiger partial charge >= 0.3 is 5.97 Å². The standard InChI is InChI=1S/C22H37N3O7S.C4H11N.CH3NO/c1-13(2)18(19(30)23-12-17(28)29)24-15(26)7-8-22(5,6)32-10-9-21(3,4)25-16(27)11-14(33)20(25)31;1-3-4-5-2;2-1-3/h13-14,18,33H,7-12H2,1-6H3,(H,23,30)(H,24,26)(H,28,29);5H,3-4H2,1-2H3;1H,(H2,2,3).